The van der Waals surface area contributed by atoms with Crippen LogP contribution in [0.3, 0.4) is 0 Å². The summed E-state index contributed by atoms with van der Waals surface area (Å²) in [7, 11) is -3.71. The number of aromatic nitrogens is 2. The van der Waals surface area contributed by atoms with Crippen molar-refractivity contribution in [3.8, 4) is 0 Å². The predicted octanol–water partition coefficient (Wildman–Crippen LogP) is 1.14. The minimum atomic E-state index is -3.71. The Balaban J connectivity index is 1.69. The molecule has 2 aromatic carbocycles. The molecule has 0 aliphatic rings. The zero-order valence-electron chi connectivity index (χ0n) is 12.0. The summed E-state index contributed by atoms with van der Waals surface area (Å²) in [6, 6.07) is 13.3. The number of para-hydroxylation sites is 2. The maximum absolute atomic E-state index is 12.1. The van der Waals surface area contributed by atoms with E-state index in [1.54, 1.807) is 12.1 Å². The summed E-state index contributed by atoms with van der Waals surface area (Å²) in [5.74, 6) is -0.107. The molecule has 8 heteroatoms. The van der Waals surface area contributed by atoms with E-state index < -0.39 is 10.0 Å². The molecule has 3 aromatic rings. The summed E-state index contributed by atoms with van der Waals surface area (Å²) in [5.41, 5.74) is 2.26. The van der Waals surface area contributed by atoms with E-state index in [2.05, 4.69) is 15.3 Å². The van der Waals surface area contributed by atoms with Gasteiger partial charge in [-0.25, -0.2) is 18.5 Å². The SMILES string of the molecule is NS(=O)(=O)c1ccc(CNC(=O)c2nc3ccccc3[nH]2)cc1. The number of aromatic amines is 1. The molecule has 1 heterocycles. The number of carbonyl (C=O) groups excluding carboxylic acids is 1. The van der Waals surface area contributed by atoms with E-state index in [1.165, 1.54) is 12.1 Å². The number of benzene rings is 2. The van der Waals surface area contributed by atoms with Crippen molar-refractivity contribution in [2.45, 2.75) is 11.4 Å². The first-order valence-electron chi connectivity index (χ1n) is 6.78. The molecule has 1 aromatic heterocycles. The molecule has 0 fully saturated rings. The van der Waals surface area contributed by atoms with Crippen molar-refractivity contribution in [2.24, 2.45) is 5.14 Å². The van der Waals surface area contributed by atoms with Crippen molar-refractivity contribution in [1.29, 1.82) is 0 Å². The molecular weight excluding hydrogens is 316 g/mol. The van der Waals surface area contributed by atoms with Gasteiger partial charge in [-0.15, -0.1) is 0 Å². The van der Waals surface area contributed by atoms with Crippen LogP contribution in [0.4, 0.5) is 0 Å². The molecule has 0 atom stereocenters. The fraction of sp³-hybridized carbons (Fsp3) is 0.0667. The molecule has 1 amide bonds. The zero-order chi connectivity index (χ0) is 16.4. The van der Waals surface area contributed by atoms with Gasteiger partial charge in [0.2, 0.25) is 10.0 Å². The van der Waals surface area contributed by atoms with Gasteiger partial charge in [0.25, 0.3) is 5.91 Å². The summed E-state index contributed by atoms with van der Waals surface area (Å²) >= 11 is 0. The summed E-state index contributed by atoms with van der Waals surface area (Å²) in [6.45, 7) is 0.251. The number of amides is 1. The Hall–Kier alpha value is -2.71. The first-order valence-corrected chi connectivity index (χ1v) is 8.33. The number of hydrogen-bond acceptors (Lipinski definition) is 4. The highest BCUT2D eigenvalue weighted by atomic mass is 32.2. The number of imidazole rings is 1. The van der Waals surface area contributed by atoms with Gasteiger partial charge in [0.1, 0.15) is 0 Å². The largest absolute Gasteiger partial charge is 0.345 e. The molecule has 0 unspecified atom stereocenters. The van der Waals surface area contributed by atoms with Gasteiger partial charge < -0.3 is 10.3 Å². The highest BCUT2D eigenvalue weighted by Gasteiger charge is 2.11. The fourth-order valence-corrected chi connectivity index (χ4v) is 2.64. The normalized spacial score (nSPS) is 11.5. The quantitative estimate of drug-likeness (QED) is 0.664. The molecule has 0 radical (unpaired) electrons. The number of nitrogens with zero attached hydrogens (tertiary/aromatic N) is 1. The lowest BCUT2D eigenvalue weighted by molar-refractivity contribution is 0.0942. The van der Waals surface area contributed by atoms with Crippen molar-refractivity contribution in [2.75, 3.05) is 0 Å². The van der Waals surface area contributed by atoms with Crippen LogP contribution in [0.15, 0.2) is 53.4 Å². The number of nitrogens with one attached hydrogen (secondary N) is 2. The molecule has 4 N–H and O–H groups in total. The van der Waals surface area contributed by atoms with Gasteiger partial charge in [-0.05, 0) is 29.8 Å². The van der Waals surface area contributed by atoms with Crippen LogP contribution in [-0.4, -0.2) is 24.3 Å². The molecule has 23 heavy (non-hydrogen) atoms. The van der Waals surface area contributed by atoms with Crippen LogP contribution in [0.25, 0.3) is 11.0 Å². The van der Waals surface area contributed by atoms with Gasteiger partial charge >= 0.3 is 0 Å². The summed E-state index contributed by atoms with van der Waals surface area (Å²) < 4.78 is 22.4. The van der Waals surface area contributed by atoms with Crippen LogP contribution in [0, 0.1) is 0 Å². The lowest BCUT2D eigenvalue weighted by Gasteiger charge is -2.04. The molecule has 118 valence electrons. The molecule has 0 spiro atoms. The van der Waals surface area contributed by atoms with Gasteiger partial charge in [0.15, 0.2) is 5.82 Å². The first kappa shape index (κ1) is 15.2. The third-order valence-corrected chi connectivity index (χ3v) is 4.24. The predicted molar refractivity (Wildman–Crippen MR) is 85.1 cm³/mol. The van der Waals surface area contributed by atoms with Gasteiger partial charge in [0, 0.05) is 6.54 Å². The maximum Gasteiger partial charge on any atom is 0.287 e. The molecule has 0 aliphatic heterocycles. The Labute approximate surface area is 132 Å². The van der Waals surface area contributed by atoms with E-state index in [4.69, 9.17) is 5.14 Å². The fourth-order valence-electron chi connectivity index (χ4n) is 2.12. The highest BCUT2D eigenvalue weighted by molar-refractivity contribution is 7.89. The third-order valence-electron chi connectivity index (χ3n) is 3.31. The van der Waals surface area contributed by atoms with E-state index in [-0.39, 0.29) is 23.2 Å². The van der Waals surface area contributed by atoms with Crippen molar-refractivity contribution in [1.82, 2.24) is 15.3 Å². The standard InChI is InChI=1S/C15H14N4O3S/c16-23(21,22)11-7-5-10(6-8-11)9-17-15(20)14-18-12-3-1-2-4-13(12)19-14/h1-8H,9H2,(H,17,20)(H,18,19)(H2,16,21,22). The molecule has 0 saturated heterocycles. The smallest absolute Gasteiger partial charge is 0.287 e. The molecule has 0 bridgehead atoms. The van der Waals surface area contributed by atoms with E-state index in [0.717, 1.165) is 16.6 Å². The van der Waals surface area contributed by atoms with Gasteiger partial charge in [-0.1, -0.05) is 24.3 Å². The van der Waals surface area contributed by atoms with Crippen molar-refractivity contribution < 1.29 is 13.2 Å². The lowest BCUT2D eigenvalue weighted by atomic mass is 10.2. The minimum absolute atomic E-state index is 0.0323. The lowest BCUT2D eigenvalue weighted by Crippen LogP contribution is -2.24. The monoisotopic (exact) mass is 330 g/mol. The van der Waals surface area contributed by atoms with Gasteiger partial charge in [-0.2, -0.15) is 0 Å². The number of rotatable bonds is 4. The van der Waals surface area contributed by atoms with Crippen LogP contribution >= 0.6 is 0 Å². The summed E-state index contributed by atoms with van der Waals surface area (Å²) in [4.78, 5) is 19.3. The maximum atomic E-state index is 12.1. The number of nitrogens with two attached hydrogens (primary N) is 1. The van der Waals surface area contributed by atoms with Crippen LogP contribution in [0.5, 0.6) is 0 Å². The Morgan fingerprint density at radius 1 is 1.13 bits per heavy atom. The number of fused-ring (bicyclic) bond motifs is 1. The second-order valence-corrected chi connectivity index (χ2v) is 6.54. The van der Waals surface area contributed by atoms with E-state index >= 15 is 0 Å². The number of H-pyrrole nitrogens is 1. The Kier molecular flexibility index (Phi) is 3.85. The number of hydrogen-bond donors (Lipinski definition) is 3. The Bertz CT molecular complexity index is 929. The van der Waals surface area contributed by atoms with Crippen molar-refractivity contribution in [3.63, 3.8) is 0 Å². The van der Waals surface area contributed by atoms with Crippen LogP contribution in [0.2, 0.25) is 0 Å². The van der Waals surface area contributed by atoms with E-state index in [9.17, 15) is 13.2 Å². The molecular formula is C15H14N4O3S. The minimum Gasteiger partial charge on any atom is -0.345 e. The average molecular weight is 330 g/mol. The second kappa shape index (κ2) is 5.82. The van der Waals surface area contributed by atoms with Crippen LogP contribution in [0.1, 0.15) is 16.2 Å². The molecule has 3 rings (SSSR count). The zero-order valence-corrected chi connectivity index (χ0v) is 12.8. The van der Waals surface area contributed by atoms with E-state index in [0.29, 0.717) is 0 Å². The average Bonchev–Trinajstić information content (AvgIpc) is 2.96. The van der Waals surface area contributed by atoms with Crippen LogP contribution in [-0.2, 0) is 16.6 Å². The topological polar surface area (TPSA) is 118 Å². The molecule has 0 saturated carbocycles. The highest BCUT2D eigenvalue weighted by Crippen LogP contribution is 2.11. The Morgan fingerprint density at radius 2 is 1.83 bits per heavy atom. The first-order chi connectivity index (χ1) is 10.9. The number of primary sulfonamides is 1. The van der Waals surface area contributed by atoms with Crippen molar-refractivity contribution >= 4 is 27.0 Å². The van der Waals surface area contributed by atoms with E-state index in [1.807, 2.05) is 24.3 Å². The van der Waals surface area contributed by atoms with Gasteiger partial charge in [-0.3, -0.25) is 4.79 Å². The van der Waals surface area contributed by atoms with Gasteiger partial charge in [0.05, 0.1) is 15.9 Å². The third kappa shape index (κ3) is 3.38. The summed E-state index contributed by atoms with van der Waals surface area (Å²) in [5, 5.41) is 7.75. The Morgan fingerprint density at radius 3 is 2.48 bits per heavy atom. The second-order valence-electron chi connectivity index (χ2n) is 4.97. The van der Waals surface area contributed by atoms with Crippen LogP contribution < -0.4 is 10.5 Å². The van der Waals surface area contributed by atoms with Crippen molar-refractivity contribution in [3.05, 3.63) is 59.9 Å². The number of carbonyl (C=O) groups is 1. The summed E-state index contributed by atoms with van der Waals surface area (Å²) in [6.07, 6.45) is 0. The molecule has 0 aliphatic carbocycles. The number of sulfonamides is 1. The molecule has 7 nitrogen and oxygen atoms in total.